The highest BCUT2D eigenvalue weighted by Gasteiger charge is 2.27. The van der Waals surface area contributed by atoms with Crippen LogP contribution in [0.25, 0.3) is 0 Å². The molecule has 1 aromatic heterocycles. The van der Waals surface area contributed by atoms with Crippen molar-refractivity contribution in [3.8, 4) is 0 Å². The van der Waals surface area contributed by atoms with Crippen molar-refractivity contribution in [3.05, 3.63) is 23.8 Å². The monoisotopic (exact) mass is 263 g/mol. The van der Waals surface area contributed by atoms with Crippen LogP contribution in [0.2, 0.25) is 0 Å². The molecule has 19 heavy (non-hydrogen) atoms. The van der Waals surface area contributed by atoms with Crippen LogP contribution in [0.4, 0.5) is 0 Å². The topological polar surface area (TPSA) is 92.2 Å². The van der Waals surface area contributed by atoms with Gasteiger partial charge in [-0.1, -0.05) is 0 Å². The maximum absolute atomic E-state index is 11.9. The molecule has 0 atom stereocenters. The van der Waals surface area contributed by atoms with Crippen molar-refractivity contribution in [1.29, 1.82) is 0 Å². The molecule has 0 radical (unpaired) electrons. The maximum Gasteiger partial charge on any atom is 0.306 e. The van der Waals surface area contributed by atoms with E-state index < -0.39 is 5.97 Å². The molecule has 1 fully saturated rings. The minimum absolute atomic E-state index is 0.0335. The Bertz CT molecular complexity index is 465. The van der Waals surface area contributed by atoms with Gasteiger partial charge in [-0.25, -0.2) is 4.98 Å². The lowest BCUT2D eigenvalue weighted by Crippen LogP contribution is -2.39. The van der Waals surface area contributed by atoms with Crippen molar-refractivity contribution in [1.82, 2.24) is 15.3 Å². The van der Waals surface area contributed by atoms with E-state index in [2.05, 4.69) is 15.3 Å². The van der Waals surface area contributed by atoms with Gasteiger partial charge in [-0.3, -0.25) is 14.6 Å². The summed E-state index contributed by atoms with van der Waals surface area (Å²) in [5.41, 5.74) is 1.06. The van der Waals surface area contributed by atoms with Crippen LogP contribution in [-0.4, -0.2) is 33.0 Å². The highest BCUT2D eigenvalue weighted by Crippen LogP contribution is 2.24. The minimum Gasteiger partial charge on any atom is -0.481 e. The Hall–Kier alpha value is -1.98. The van der Waals surface area contributed by atoms with Crippen LogP contribution >= 0.6 is 0 Å². The molecule has 0 aromatic carbocycles. The molecule has 102 valence electrons. The summed E-state index contributed by atoms with van der Waals surface area (Å²) in [4.78, 5) is 30.8. The van der Waals surface area contributed by atoms with E-state index in [1.54, 1.807) is 6.20 Å². The number of carboxylic acid groups (broad SMARTS) is 1. The molecule has 0 unspecified atom stereocenters. The van der Waals surface area contributed by atoms with E-state index in [1.807, 2.05) is 6.92 Å². The molecule has 0 saturated heterocycles. The molecular weight excluding hydrogens is 246 g/mol. The number of nitrogens with zero attached hydrogens (tertiary/aromatic N) is 2. The lowest BCUT2D eigenvalue weighted by Gasteiger charge is -2.26. The van der Waals surface area contributed by atoms with E-state index in [0.29, 0.717) is 31.4 Å². The SMILES string of the molecule is Cc1cnc(C(=O)NC2CCC(C(=O)O)CC2)cn1. The van der Waals surface area contributed by atoms with E-state index in [1.165, 1.54) is 6.20 Å². The fourth-order valence-electron chi connectivity index (χ4n) is 2.25. The first-order valence-electron chi connectivity index (χ1n) is 6.38. The van der Waals surface area contributed by atoms with Gasteiger partial charge in [-0.2, -0.15) is 0 Å². The molecule has 6 nitrogen and oxygen atoms in total. The van der Waals surface area contributed by atoms with Gasteiger partial charge in [0.05, 0.1) is 17.8 Å². The van der Waals surface area contributed by atoms with Crippen LogP contribution in [-0.2, 0) is 4.79 Å². The summed E-state index contributed by atoms with van der Waals surface area (Å²) in [6.45, 7) is 1.81. The van der Waals surface area contributed by atoms with Crippen molar-refractivity contribution in [2.24, 2.45) is 5.92 Å². The molecule has 2 rings (SSSR count). The van der Waals surface area contributed by atoms with Gasteiger partial charge in [-0.05, 0) is 32.6 Å². The van der Waals surface area contributed by atoms with Crippen molar-refractivity contribution in [2.45, 2.75) is 38.6 Å². The lowest BCUT2D eigenvalue weighted by atomic mass is 9.86. The van der Waals surface area contributed by atoms with Crippen LogP contribution in [0.1, 0.15) is 41.9 Å². The Balaban J connectivity index is 1.87. The van der Waals surface area contributed by atoms with E-state index in [9.17, 15) is 9.59 Å². The number of rotatable bonds is 3. The summed E-state index contributed by atoms with van der Waals surface area (Å²) in [5, 5.41) is 11.8. The van der Waals surface area contributed by atoms with Gasteiger partial charge in [0.25, 0.3) is 5.91 Å². The average molecular weight is 263 g/mol. The van der Waals surface area contributed by atoms with Gasteiger partial charge >= 0.3 is 5.97 Å². The second-order valence-corrected chi connectivity index (χ2v) is 4.90. The number of nitrogens with one attached hydrogen (secondary N) is 1. The Morgan fingerprint density at radius 2 is 1.89 bits per heavy atom. The fourth-order valence-corrected chi connectivity index (χ4v) is 2.25. The predicted octanol–water partition coefficient (Wildman–Crippen LogP) is 1.16. The molecule has 1 aliphatic carbocycles. The molecule has 1 amide bonds. The summed E-state index contributed by atoms with van der Waals surface area (Å²) in [6.07, 6.45) is 5.62. The summed E-state index contributed by atoms with van der Waals surface area (Å²) in [7, 11) is 0. The summed E-state index contributed by atoms with van der Waals surface area (Å²) in [6, 6.07) is 0.0335. The van der Waals surface area contributed by atoms with Gasteiger partial charge in [-0.15, -0.1) is 0 Å². The van der Waals surface area contributed by atoms with Gasteiger partial charge in [0.15, 0.2) is 0 Å². The zero-order chi connectivity index (χ0) is 13.8. The van der Waals surface area contributed by atoms with Crippen LogP contribution in [0.15, 0.2) is 12.4 Å². The number of amides is 1. The lowest BCUT2D eigenvalue weighted by molar-refractivity contribution is -0.142. The minimum atomic E-state index is -0.742. The number of hydrogen-bond acceptors (Lipinski definition) is 4. The zero-order valence-corrected chi connectivity index (χ0v) is 10.8. The standard InChI is InChI=1S/C13H17N3O3/c1-8-6-15-11(7-14-8)12(17)16-10-4-2-9(3-5-10)13(18)19/h6-7,9-10H,2-5H2,1H3,(H,16,17)(H,18,19). The van der Waals surface area contributed by atoms with E-state index in [0.717, 1.165) is 5.69 Å². The Labute approximate surface area is 111 Å². The molecule has 1 saturated carbocycles. The number of carbonyl (C=O) groups excluding carboxylic acids is 1. The third-order valence-corrected chi connectivity index (χ3v) is 3.43. The van der Waals surface area contributed by atoms with E-state index in [-0.39, 0.29) is 17.9 Å². The van der Waals surface area contributed by atoms with Gasteiger partial charge in [0.1, 0.15) is 5.69 Å². The Morgan fingerprint density at radius 3 is 2.42 bits per heavy atom. The highest BCUT2D eigenvalue weighted by molar-refractivity contribution is 5.92. The smallest absolute Gasteiger partial charge is 0.306 e. The van der Waals surface area contributed by atoms with Crippen molar-refractivity contribution < 1.29 is 14.7 Å². The first-order valence-corrected chi connectivity index (χ1v) is 6.38. The largest absolute Gasteiger partial charge is 0.481 e. The first kappa shape index (κ1) is 13.5. The van der Waals surface area contributed by atoms with Gasteiger partial charge in [0, 0.05) is 12.2 Å². The fraction of sp³-hybridized carbons (Fsp3) is 0.538. The van der Waals surface area contributed by atoms with Crippen LogP contribution < -0.4 is 5.32 Å². The number of hydrogen-bond donors (Lipinski definition) is 2. The quantitative estimate of drug-likeness (QED) is 0.853. The number of aromatic nitrogens is 2. The Kier molecular flexibility index (Phi) is 4.09. The molecule has 0 spiro atoms. The Morgan fingerprint density at radius 1 is 1.21 bits per heavy atom. The van der Waals surface area contributed by atoms with Crippen LogP contribution in [0, 0.1) is 12.8 Å². The number of carboxylic acids is 1. The third-order valence-electron chi connectivity index (χ3n) is 3.43. The molecule has 2 N–H and O–H groups in total. The summed E-state index contributed by atoms with van der Waals surface area (Å²) in [5.74, 6) is -1.26. The number of aliphatic carboxylic acids is 1. The molecule has 0 aliphatic heterocycles. The van der Waals surface area contributed by atoms with Crippen molar-refractivity contribution in [2.75, 3.05) is 0 Å². The molecule has 1 aromatic rings. The normalized spacial score (nSPS) is 22.8. The van der Waals surface area contributed by atoms with Crippen molar-refractivity contribution >= 4 is 11.9 Å². The average Bonchev–Trinajstić information content (AvgIpc) is 2.40. The van der Waals surface area contributed by atoms with E-state index in [4.69, 9.17) is 5.11 Å². The first-order chi connectivity index (χ1) is 9.06. The predicted molar refractivity (Wildman–Crippen MR) is 67.6 cm³/mol. The molecule has 1 aliphatic rings. The van der Waals surface area contributed by atoms with Gasteiger partial charge < -0.3 is 10.4 Å². The van der Waals surface area contributed by atoms with Crippen molar-refractivity contribution in [3.63, 3.8) is 0 Å². The number of aryl methyl sites for hydroxylation is 1. The summed E-state index contributed by atoms with van der Waals surface area (Å²) >= 11 is 0. The van der Waals surface area contributed by atoms with Crippen LogP contribution in [0.3, 0.4) is 0 Å². The maximum atomic E-state index is 11.9. The third kappa shape index (κ3) is 3.49. The molecule has 6 heteroatoms. The van der Waals surface area contributed by atoms with Crippen LogP contribution in [0.5, 0.6) is 0 Å². The molecule has 0 bridgehead atoms. The zero-order valence-electron chi connectivity index (χ0n) is 10.8. The van der Waals surface area contributed by atoms with Gasteiger partial charge in [0.2, 0.25) is 0 Å². The second-order valence-electron chi connectivity index (χ2n) is 4.90. The second kappa shape index (κ2) is 5.77. The summed E-state index contributed by atoms with van der Waals surface area (Å²) < 4.78 is 0. The number of carbonyl (C=O) groups is 2. The molecule has 1 heterocycles. The molecular formula is C13H17N3O3. The van der Waals surface area contributed by atoms with E-state index >= 15 is 0 Å². The highest BCUT2D eigenvalue weighted by atomic mass is 16.4.